The lowest BCUT2D eigenvalue weighted by Gasteiger charge is -2.43. The first-order valence-corrected chi connectivity index (χ1v) is 11.8. The van der Waals surface area contributed by atoms with E-state index in [1.54, 1.807) is 11.1 Å². The van der Waals surface area contributed by atoms with Crippen LogP contribution in [0.2, 0.25) is 0 Å². The van der Waals surface area contributed by atoms with Crippen LogP contribution >= 0.6 is 0 Å². The lowest BCUT2D eigenvalue weighted by molar-refractivity contribution is -0.120. The van der Waals surface area contributed by atoms with E-state index in [0.717, 1.165) is 29.5 Å². The van der Waals surface area contributed by atoms with Gasteiger partial charge < -0.3 is 4.90 Å². The molecule has 3 fully saturated rings. The Hall–Kier alpha value is -2.41. The second-order valence-corrected chi connectivity index (χ2v) is 10.0. The molecule has 2 aromatic heterocycles. The SMILES string of the molecule is CC1CC(CN2CC[C@@H](Cc3ccn4ncc(N5CCC(=O)NC5=O)c4c3)C[C@@H]2C)C1. The summed E-state index contributed by atoms with van der Waals surface area (Å²) in [6.07, 6.45) is 10.4. The minimum atomic E-state index is -0.362. The molecule has 3 aliphatic rings. The summed E-state index contributed by atoms with van der Waals surface area (Å²) in [5, 5.41) is 6.81. The maximum Gasteiger partial charge on any atom is 0.328 e. The standard InChI is InChI=1S/C24H33N5O2/c1-16-9-20(10-16)15-27-6-3-18(11-17(27)2)12-19-4-8-29-21(13-19)22(14-25-29)28-7-5-23(30)26-24(28)31/h4,8,13-14,16-18,20H,3,5-7,9-12,15H2,1-2H3,(H,26,30,31)/t16?,17-,18+,20?/m0/s1. The minimum absolute atomic E-state index is 0.217. The van der Waals surface area contributed by atoms with Gasteiger partial charge in [0.15, 0.2) is 0 Å². The zero-order chi connectivity index (χ0) is 21.5. The Morgan fingerprint density at radius 2 is 1.97 bits per heavy atom. The van der Waals surface area contributed by atoms with Crippen molar-refractivity contribution < 1.29 is 9.59 Å². The van der Waals surface area contributed by atoms with Gasteiger partial charge in [-0.1, -0.05) is 6.92 Å². The molecule has 0 unspecified atom stereocenters. The van der Waals surface area contributed by atoms with Crippen LogP contribution < -0.4 is 10.2 Å². The van der Waals surface area contributed by atoms with Crippen molar-refractivity contribution in [2.24, 2.45) is 17.8 Å². The van der Waals surface area contributed by atoms with Crippen LogP contribution in [0.3, 0.4) is 0 Å². The highest BCUT2D eigenvalue weighted by Crippen LogP contribution is 2.36. The van der Waals surface area contributed by atoms with Crippen LogP contribution in [0.25, 0.3) is 5.52 Å². The molecule has 2 aliphatic heterocycles. The molecule has 0 radical (unpaired) electrons. The summed E-state index contributed by atoms with van der Waals surface area (Å²) in [7, 11) is 0. The molecule has 0 aromatic carbocycles. The Kier molecular flexibility index (Phi) is 5.46. The van der Waals surface area contributed by atoms with Gasteiger partial charge in [-0.25, -0.2) is 9.31 Å². The van der Waals surface area contributed by atoms with E-state index < -0.39 is 0 Å². The summed E-state index contributed by atoms with van der Waals surface area (Å²) in [5.41, 5.74) is 2.98. The van der Waals surface area contributed by atoms with Gasteiger partial charge in [0.05, 0.1) is 17.4 Å². The molecule has 2 saturated heterocycles. The normalized spacial score (nSPS) is 29.8. The van der Waals surface area contributed by atoms with E-state index in [9.17, 15) is 9.59 Å². The van der Waals surface area contributed by atoms with Gasteiger partial charge in [0, 0.05) is 31.7 Å². The molecule has 4 heterocycles. The Balaban J connectivity index is 1.25. The number of urea groups is 1. The highest BCUT2D eigenvalue weighted by molar-refractivity contribution is 6.07. The first-order chi connectivity index (χ1) is 15.0. The van der Waals surface area contributed by atoms with Gasteiger partial charge in [0.25, 0.3) is 0 Å². The number of pyridine rings is 1. The fourth-order valence-corrected chi connectivity index (χ4v) is 5.80. The van der Waals surface area contributed by atoms with Crippen molar-refractivity contribution in [1.82, 2.24) is 19.8 Å². The third-order valence-electron chi connectivity index (χ3n) is 7.52. The van der Waals surface area contributed by atoms with E-state index in [1.807, 2.05) is 10.7 Å². The fraction of sp³-hybridized carbons (Fsp3) is 0.625. The van der Waals surface area contributed by atoms with E-state index >= 15 is 0 Å². The van der Waals surface area contributed by atoms with Gasteiger partial charge >= 0.3 is 6.03 Å². The highest BCUT2D eigenvalue weighted by atomic mass is 16.2. The molecule has 7 nitrogen and oxygen atoms in total. The zero-order valence-corrected chi connectivity index (χ0v) is 18.6. The lowest BCUT2D eigenvalue weighted by atomic mass is 9.75. The Labute approximate surface area is 183 Å². The van der Waals surface area contributed by atoms with Gasteiger partial charge in [0.1, 0.15) is 0 Å². The number of carbonyl (C=O) groups excluding carboxylic acids is 2. The highest BCUT2D eigenvalue weighted by Gasteiger charge is 2.32. The number of carbonyl (C=O) groups is 2. The van der Waals surface area contributed by atoms with Crippen molar-refractivity contribution in [3.8, 4) is 0 Å². The Morgan fingerprint density at radius 3 is 2.71 bits per heavy atom. The number of likely N-dealkylation sites (tertiary alicyclic amines) is 1. The number of hydrogen-bond donors (Lipinski definition) is 1. The predicted molar refractivity (Wildman–Crippen MR) is 120 cm³/mol. The first kappa shape index (κ1) is 20.5. The molecule has 7 heteroatoms. The van der Waals surface area contributed by atoms with Gasteiger partial charge in [-0.3, -0.25) is 15.0 Å². The summed E-state index contributed by atoms with van der Waals surface area (Å²) < 4.78 is 1.81. The number of nitrogens with one attached hydrogen (secondary N) is 1. The van der Waals surface area contributed by atoms with Gasteiger partial charge in [-0.05, 0) is 81.0 Å². The molecule has 2 aromatic rings. The third-order valence-corrected chi connectivity index (χ3v) is 7.52. The Bertz CT molecular complexity index is 980. The van der Waals surface area contributed by atoms with E-state index in [0.29, 0.717) is 24.9 Å². The fourth-order valence-electron chi connectivity index (χ4n) is 5.80. The number of rotatable bonds is 5. The molecule has 1 N–H and O–H groups in total. The van der Waals surface area contributed by atoms with Gasteiger partial charge in [-0.15, -0.1) is 0 Å². The minimum Gasteiger partial charge on any atom is -0.300 e. The lowest BCUT2D eigenvalue weighted by Crippen LogP contribution is -2.49. The summed E-state index contributed by atoms with van der Waals surface area (Å²) in [6, 6.07) is 4.60. The average Bonchev–Trinajstić information content (AvgIpc) is 3.12. The van der Waals surface area contributed by atoms with Crippen molar-refractivity contribution in [2.45, 2.75) is 58.4 Å². The average molecular weight is 424 g/mol. The first-order valence-electron chi connectivity index (χ1n) is 11.8. The molecule has 1 saturated carbocycles. The van der Waals surface area contributed by atoms with Crippen molar-refractivity contribution >= 4 is 23.1 Å². The van der Waals surface area contributed by atoms with Crippen molar-refractivity contribution in [1.29, 1.82) is 0 Å². The van der Waals surface area contributed by atoms with Gasteiger partial charge in [-0.2, -0.15) is 5.10 Å². The Morgan fingerprint density at radius 1 is 1.13 bits per heavy atom. The second-order valence-electron chi connectivity index (χ2n) is 10.0. The molecular formula is C24H33N5O2. The van der Waals surface area contributed by atoms with E-state index in [1.165, 1.54) is 44.3 Å². The van der Waals surface area contributed by atoms with Crippen LogP contribution in [0.5, 0.6) is 0 Å². The van der Waals surface area contributed by atoms with Gasteiger partial charge in [0.2, 0.25) is 5.91 Å². The summed E-state index contributed by atoms with van der Waals surface area (Å²) in [4.78, 5) is 28.1. The topological polar surface area (TPSA) is 70.0 Å². The molecule has 31 heavy (non-hydrogen) atoms. The van der Waals surface area contributed by atoms with Crippen LogP contribution in [-0.4, -0.2) is 52.1 Å². The van der Waals surface area contributed by atoms with Crippen LogP contribution in [0.4, 0.5) is 10.5 Å². The van der Waals surface area contributed by atoms with Crippen LogP contribution in [0.1, 0.15) is 51.5 Å². The number of amides is 3. The maximum absolute atomic E-state index is 12.3. The zero-order valence-electron chi connectivity index (χ0n) is 18.6. The van der Waals surface area contributed by atoms with Crippen molar-refractivity contribution in [2.75, 3.05) is 24.5 Å². The second kappa shape index (κ2) is 8.26. The molecule has 3 amide bonds. The number of nitrogens with zero attached hydrogens (tertiary/aromatic N) is 4. The molecule has 0 spiro atoms. The molecule has 5 rings (SSSR count). The molecule has 0 bridgehead atoms. The van der Waals surface area contributed by atoms with Crippen LogP contribution in [0, 0.1) is 17.8 Å². The number of aromatic nitrogens is 2. The summed E-state index contributed by atoms with van der Waals surface area (Å²) in [6.45, 7) is 7.64. The monoisotopic (exact) mass is 423 g/mol. The number of hydrogen-bond acceptors (Lipinski definition) is 4. The summed E-state index contributed by atoms with van der Waals surface area (Å²) >= 11 is 0. The molecule has 2 atom stereocenters. The van der Waals surface area contributed by atoms with E-state index in [2.05, 4.69) is 41.3 Å². The maximum atomic E-state index is 12.3. The number of fused-ring (bicyclic) bond motifs is 1. The quantitative estimate of drug-likeness (QED) is 0.800. The summed E-state index contributed by atoms with van der Waals surface area (Å²) in [5.74, 6) is 2.32. The number of piperidine rings is 1. The van der Waals surface area contributed by atoms with E-state index in [-0.39, 0.29) is 11.9 Å². The smallest absolute Gasteiger partial charge is 0.300 e. The molecule has 166 valence electrons. The van der Waals surface area contributed by atoms with Crippen LogP contribution in [0.15, 0.2) is 24.5 Å². The largest absolute Gasteiger partial charge is 0.328 e. The predicted octanol–water partition coefficient (Wildman–Crippen LogP) is 3.47. The molecular weight excluding hydrogens is 390 g/mol. The number of imide groups is 1. The van der Waals surface area contributed by atoms with Crippen molar-refractivity contribution in [3.63, 3.8) is 0 Å². The third kappa shape index (κ3) is 4.20. The molecule has 1 aliphatic carbocycles. The van der Waals surface area contributed by atoms with Crippen LogP contribution in [-0.2, 0) is 11.2 Å². The van der Waals surface area contributed by atoms with E-state index in [4.69, 9.17) is 0 Å². The van der Waals surface area contributed by atoms with Crippen molar-refractivity contribution in [3.05, 3.63) is 30.1 Å². The number of anilines is 1.